The molecule has 75 heavy (non-hydrogen) atoms. The molecule has 0 aromatic rings. The maximum Gasteiger partial charge on any atom is 0.306 e. The van der Waals surface area contributed by atoms with Crippen molar-refractivity contribution in [3.05, 3.63) is 85.1 Å². The van der Waals surface area contributed by atoms with E-state index in [1.165, 1.54) is 154 Å². The van der Waals surface area contributed by atoms with Crippen LogP contribution in [0.3, 0.4) is 0 Å². The number of esters is 3. The van der Waals surface area contributed by atoms with Crippen molar-refractivity contribution in [2.24, 2.45) is 0 Å². The van der Waals surface area contributed by atoms with Gasteiger partial charge in [0.05, 0.1) is 0 Å². The Morgan fingerprint density at radius 2 is 0.520 bits per heavy atom. The van der Waals surface area contributed by atoms with Crippen molar-refractivity contribution >= 4 is 17.9 Å². The van der Waals surface area contributed by atoms with Gasteiger partial charge in [0, 0.05) is 19.3 Å². The van der Waals surface area contributed by atoms with Crippen LogP contribution in [0.1, 0.15) is 316 Å². The van der Waals surface area contributed by atoms with Crippen molar-refractivity contribution in [2.75, 3.05) is 13.2 Å². The number of unbranched alkanes of at least 4 members (excludes halogenated alkanes) is 33. The topological polar surface area (TPSA) is 78.9 Å². The zero-order valence-corrected chi connectivity index (χ0v) is 49.6. The van der Waals surface area contributed by atoms with Crippen molar-refractivity contribution in [1.82, 2.24) is 0 Å². The van der Waals surface area contributed by atoms with Crippen molar-refractivity contribution in [3.63, 3.8) is 0 Å². The molecule has 0 amide bonds. The third-order valence-corrected chi connectivity index (χ3v) is 13.9. The summed E-state index contributed by atoms with van der Waals surface area (Å²) in [5, 5.41) is 0. The lowest BCUT2D eigenvalue weighted by atomic mass is 10.0. The van der Waals surface area contributed by atoms with Crippen LogP contribution in [0.5, 0.6) is 0 Å². The predicted molar refractivity (Wildman–Crippen MR) is 325 cm³/mol. The Kier molecular flexibility index (Phi) is 60.3. The smallest absolute Gasteiger partial charge is 0.306 e. The van der Waals surface area contributed by atoms with Gasteiger partial charge in [-0.1, -0.05) is 305 Å². The first-order chi connectivity index (χ1) is 37.0. The number of hydrogen-bond acceptors (Lipinski definition) is 6. The van der Waals surface area contributed by atoms with E-state index >= 15 is 0 Å². The number of ether oxygens (including phenoxy) is 3. The number of rotatable bonds is 58. The van der Waals surface area contributed by atoms with Gasteiger partial charge < -0.3 is 14.2 Å². The molecule has 0 aliphatic carbocycles. The SMILES string of the molecule is CC/C=C\C/C=C\C/C=C\C/C=C\C/C=C\C/C=C\C/C=C\CCCCCCCC(=O)OCC(COC(=O)CCCCCCCCCCCCCCC)OC(=O)CCCCCCCCCCCCCCCCCCC. The molecule has 6 nitrogen and oxygen atoms in total. The lowest BCUT2D eigenvalue weighted by molar-refractivity contribution is -0.167. The molecule has 432 valence electrons. The van der Waals surface area contributed by atoms with E-state index in [1.807, 2.05) is 0 Å². The number of carbonyl (C=O) groups excluding carboxylic acids is 3. The maximum atomic E-state index is 12.9. The molecule has 0 aromatic heterocycles. The summed E-state index contributed by atoms with van der Waals surface area (Å²) in [7, 11) is 0. The molecule has 0 saturated heterocycles. The summed E-state index contributed by atoms with van der Waals surface area (Å²) in [4.78, 5) is 38.3. The fourth-order valence-corrected chi connectivity index (χ4v) is 9.13. The fourth-order valence-electron chi connectivity index (χ4n) is 9.13. The Morgan fingerprint density at radius 1 is 0.280 bits per heavy atom. The van der Waals surface area contributed by atoms with E-state index < -0.39 is 6.10 Å². The number of carbonyl (C=O) groups is 3. The highest BCUT2D eigenvalue weighted by atomic mass is 16.6. The Bertz CT molecular complexity index is 1430. The van der Waals surface area contributed by atoms with Gasteiger partial charge in [-0.3, -0.25) is 14.4 Å². The summed E-state index contributed by atoms with van der Waals surface area (Å²) in [6, 6.07) is 0. The number of hydrogen-bond donors (Lipinski definition) is 0. The van der Waals surface area contributed by atoms with E-state index in [1.54, 1.807) is 0 Å². The van der Waals surface area contributed by atoms with Crippen molar-refractivity contribution in [2.45, 2.75) is 322 Å². The minimum atomic E-state index is -0.782. The van der Waals surface area contributed by atoms with Crippen LogP contribution in [0.2, 0.25) is 0 Å². The van der Waals surface area contributed by atoms with Gasteiger partial charge in [0.1, 0.15) is 13.2 Å². The van der Waals surface area contributed by atoms with Crippen LogP contribution >= 0.6 is 0 Å². The molecule has 0 aliphatic heterocycles. The zero-order chi connectivity index (χ0) is 54.3. The van der Waals surface area contributed by atoms with Crippen LogP contribution in [-0.2, 0) is 28.6 Å². The van der Waals surface area contributed by atoms with Crippen LogP contribution in [0.4, 0.5) is 0 Å². The largest absolute Gasteiger partial charge is 0.462 e. The Balaban J connectivity index is 4.34. The Morgan fingerprint density at radius 3 is 0.813 bits per heavy atom. The van der Waals surface area contributed by atoms with E-state index in [4.69, 9.17) is 14.2 Å². The first-order valence-electron chi connectivity index (χ1n) is 32.1. The maximum absolute atomic E-state index is 12.9. The third-order valence-electron chi connectivity index (χ3n) is 13.9. The van der Waals surface area contributed by atoms with Crippen LogP contribution in [0.25, 0.3) is 0 Å². The van der Waals surface area contributed by atoms with E-state index in [0.29, 0.717) is 19.3 Å². The van der Waals surface area contributed by atoms with E-state index in [-0.39, 0.29) is 31.1 Å². The van der Waals surface area contributed by atoms with Gasteiger partial charge >= 0.3 is 17.9 Å². The molecule has 1 atom stereocenters. The summed E-state index contributed by atoms with van der Waals surface area (Å²) >= 11 is 0. The minimum absolute atomic E-state index is 0.0782. The quantitative estimate of drug-likeness (QED) is 0.0261. The molecule has 0 fully saturated rings. The average Bonchev–Trinajstić information content (AvgIpc) is 3.41. The second-order valence-corrected chi connectivity index (χ2v) is 21.3. The van der Waals surface area contributed by atoms with Gasteiger partial charge in [-0.05, 0) is 77.0 Å². The molecule has 0 aliphatic rings. The third kappa shape index (κ3) is 61.3. The van der Waals surface area contributed by atoms with E-state index in [9.17, 15) is 14.4 Å². The van der Waals surface area contributed by atoms with Crippen molar-refractivity contribution in [3.8, 4) is 0 Å². The van der Waals surface area contributed by atoms with Gasteiger partial charge in [0.15, 0.2) is 6.10 Å². The first kappa shape index (κ1) is 71.6. The lowest BCUT2D eigenvalue weighted by Gasteiger charge is -2.18. The van der Waals surface area contributed by atoms with Gasteiger partial charge in [-0.15, -0.1) is 0 Å². The molecule has 0 radical (unpaired) electrons. The summed E-state index contributed by atoms with van der Waals surface area (Å²) < 4.78 is 16.9. The fraction of sp³-hybridized carbons (Fsp3) is 0.754. The molecular formula is C69H120O6. The van der Waals surface area contributed by atoms with E-state index in [2.05, 4.69) is 106 Å². The highest BCUT2D eigenvalue weighted by Crippen LogP contribution is 2.17. The first-order valence-corrected chi connectivity index (χ1v) is 32.1. The minimum Gasteiger partial charge on any atom is -0.462 e. The highest BCUT2D eigenvalue weighted by molar-refractivity contribution is 5.71. The van der Waals surface area contributed by atoms with Crippen LogP contribution < -0.4 is 0 Å². The van der Waals surface area contributed by atoms with Crippen LogP contribution in [0, 0.1) is 0 Å². The number of allylic oxidation sites excluding steroid dienone is 14. The summed E-state index contributed by atoms with van der Waals surface area (Å²) in [6.45, 7) is 6.55. The second-order valence-electron chi connectivity index (χ2n) is 21.3. The van der Waals surface area contributed by atoms with Gasteiger partial charge in [0.25, 0.3) is 0 Å². The Hall–Kier alpha value is -3.41. The van der Waals surface area contributed by atoms with Crippen LogP contribution in [-0.4, -0.2) is 37.2 Å². The molecular weight excluding hydrogens is 925 g/mol. The molecule has 0 rings (SSSR count). The van der Waals surface area contributed by atoms with Crippen molar-refractivity contribution < 1.29 is 28.6 Å². The molecule has 0 spiro atoms. The second kappa shape index (κ2) is 63.1. The summed E-state index contributed by atoms with van der Waals surface area (Å²) in [5.41, 5.74) is 0. The Labute approximate surface area is 465 Å². The standard InChI is InChI=1S/C69H120O6/c1-4-7-10-13-16-19-22-25-27-29-30-31-32-33-34-35-36-37-38-40-41-44-47-50-53-56-59-62-68(71)74-65-66(64-73-67(70)61-58-55-52-49-46-43-24-21-18-15-12-9-6-3)75-69(72)63-60-57-54-51-48-45-42-39-28-26-23-20-17-14-11-8-5-2/h7,10,16,19,25,27,30-31,33-34,36-37,40-41,66H,4-6,8-9,11-15,17-18,20-24,26,28-29,32,35,38-39,42-65H2,1-3H3/b10-7-,19-16-,27-25-,31-30-,34-33-,37-36-,41-40-. The predicted octanol–water partition coefficient (Wildman–Crippen LogP) is 21.9. The molecule has 1 unspecified atom stereocenters. The van der Waals surface area contributed by atoms with Gasteiger partial charge in [0.2, 0.25) is 0 Å². The zero-order valence-electron chi connectivity index (χ0n) is 49.6. The van der Waals surface area contributed by atoms with Gasteiger partial charge in [-0.2, -0.15) is 0 Å². The molecule has 0 saturated carbocycles. The lowest BCUT2D eigenvalue weighted by Crippen LogP contribution is -2.30. The molecule has 0 heterocycles. The molecule has 0 bridgehead atoms. The monoisotopic (exact) mass is 1040 g/mol. The average molecular weight is 1050 g/mol. The summed E-state index contributed by atoms with van der Waals surface area (Å²) in [6.07, 6.45) is 83.0. The van der Waals surface area contributed by atoms with Gasteiger partial charge in [-0.25, -0.2) is 0 Å². The molecule has 0 aromatic carbocycles. The summed E-state index contributed by atoms with van der Waals surface area (Å²) in [5.74, 6) is -0.882. The van der Waals surface area contributed by atoms with Crippen molar-refractivity contribution in [1.29, 1.82) is 0 Å². The van der Waals surface area contributed by atoms with E-state index in [0.717, 1.165) is 122 Å². The molecule has 0 N–H and O–H groups in total. The highest BCUT2D eigenvalue weighted by Gasteiger charge is 2.19. The van der Waals surface area contributed by atoms with Crippen LogP contribution in [0.15, 0.2) is 85.1 Å². The normalized spacial score (nSPS) is 12.6. The molecule has 6 heteroatoms.